The lowest BCUT2D eigenvalue weighted by molar-refractivity contribution is 0.213. The molecule has 1 aliphatic rings. The molecule has 0 spiro atoms. The van der Waals surface area contributed by atoms with E-state index < -0.39 is 0 Å². The van der Waals surface area contributed by atoms with Crippen LogP contribution in [0.3, 0.4) is 0 Å². The summed E-state index contributed by atoms with van der Waals surface area (Å²) < 4.78 is 12.6. The van der Waals surface area contributed by atoms with Gasteiger partial charge in [0.2, 0.25) is 0 Å². The third-order valence-corrected chi connectivity index (χ3v) is 3.02. The standard InChI is InChI=1S/C13H15FO/c14-12-5-3-11(4-6-12)2-1-7-13(10-15)8-9-13/h1-6,15H,7-10H2/b2-1+. The van der Waals surface area contributed by atoms with Gasteiger partial charge in [-0.15, -0.1) is 0 Å². The summed E-state index contributed by atoms with van der Waals surface area (Å²) in [4.78, 5) is 0. The van der Waals surface area contributed by atoms with Gasteiger partial charge in [-0.1, -0.05) is 24.3 Å². The zero-order valence-electron chi connectivity index (χ0n) is 8.62. The first-order valence-corrected chi connectivity index (χ1v) is 5.27. The Morgan fingerprint density at radius 1 is 1.27 bits per heavy atom. The van der Waals surface area contributed by atoms with Gasteiger partial charge in [0.05, 0.1) is 0 Å². The smallest absolute Gasteiger partial charge is 0.123 e. The topological polar surface area (TPSA) is 20.2 Å². The third-order valence-electron chi connectivity index (χ3n) is 3.02. The van der Waals surface area contributed by atoms with Crippen LogP contribution in [0.15, 0.2) is 30.3 Å². The van der Waals surface area contributed by atoms with Crippen molar-refractivity contribution in [3.63, 3.8) is 0 Å². The van der Waals surface area contributed by atoms with Crippen LogP contribution in [-0.2, 0) is 0 Å². The van der Waals surface area contributed by atoms with Crippen molar-refractivity contribution < 1.29 is 9.50 Å². The summed E-state index contributed by atoms with van der Waals surface area (Å²) in [5, 5.41) is 9.11. The number of rotatable bonds is 4. The average molecular weight is 206 g/mol. The van der Waals surface area contributed by atoms with Crippen LogP contribution in [0.4, 0.5) is 4.39 Å². The Balaban J connectivity index is 1.91. The molecule has 1 saturated carbocycles. The molecule has 0 amide bonds. The highest BCUT2D eigenvalue weighted by atomic mass is 19.1. The third kappa shape index (κ3) is 2.66. The predicted molar refractivity (Wildman–Crippen MR) is 58.8 cm³/mol. The first kappa shape index (κ1) is 10.4. The van der Waals surface area contributed by atoms with E-state index in [2.05, 4.69) is 6.08 Å². The summed E-state index contributed by atoms with van der Waals surface area (Å²) in [6, 6.07) is 6.42. The van der Waals surface area contributed by atoms with Crippen molar-refractivity contribution in [2.45, 2.75) is 19.3 Å². The molecule has 0 atom stereocenters. The van der Waals surface area contributed by atoms with Gasteiger partial charge in [0.15, 0.2) is 0 Å². The fourth-order valence-corrected chi connectivity index (χ4v) is 1.62. The minimum Gasteiger partial charge on any atom is -0.396 e. The van der Waals surface area contributed by atoms with E-state index in [0.717, 1.165) is 24.8 Å². The van der Waals surface area contributed by atoms with Crippen molar-refractivity contribution in [1.29, 1.82) is 0 Å². The number of aliphatic hydroxyl groups excluding tert-OH is 1. The predicted octanol–water partition coefficient (Wildman–Crippen LogP) is 3.00. The Bertz CT molecular complexity index is 349. The molecule has 1 N–H and O–H groups in total. The second-order valence-corrected chi connectivity index (χ2v) is 4.32. The highest BCUT2D eigenvalue weighted by Gasteiger charge is 2.40. The van der Waals surface area contributed by atoms with E-state index >= 15 is 0 Å². The molecule has 2 rings (SSSR count). The number of allylic oxidation sites excluding steroid dienone is 1. The summed E-state index contributed by atoms with van der Waals surface area (Å²) >= 11 is 0. The largest absolute Gasteiger partial charge is 0.396 e. The van der Waals surface area contributed by atoms with E-state index in [1.165, 1.54) is 12.1 Å². The SMILES string of the molecule is OCC1(C/C=C/c2ccc(F)cc2)CC1. The molecule has 15 heavy (non-hydrogen) atoms. The van der Waals surface area contributed by atoms with Crippen molar-refractivity contribution in [2.24, 2.45) is 5.41 Å². The van der Waals surface area contributed by atoms with Crippen LogP contribution in [0, 0.1) is 11.2 Å². The van der Waals surface area contributed by atoms with Crippen LogP contribution in [0.2, 0.25) is 0 Å². The molecule has 1 aromatic rings. The lowest BCUT2D eigenvalue weighted by atomic mass is 10.0. The van der Waals surface area contributed by atoms with Crippen LogP contribution in [-0.4, -0.2) is 11.7 Å². The van der Waals surface area contributed by atoms with Gasteiger partial charge in [-0.2, -0.15) is 0 Å². The van der Waals surface area contributed by atoms with E-state index in [9.17, 15) is 4.39 Å². The fourth-order valence-electron chi connectivity index (χ4n) is 1.62. The lowest BCUT2D eigenvalue weighted by Gasteiger charge is -2.06. The quantitative estimate of drug-likeness (QED) is 0.802. The first-order chi connectivity index (χ1) is 7.24. The molecule has 80 valence electrons. The van der Waals surface area contributed by atoms with Gasteiger partial charge >= 0.3 is 0 Å². The van der Waals surface area contributed by atoms with E-state index in [1.807, 2.05) is 6.08 Å². The van der Waals surface area contributed by atoms with Crippen LogP contribution >= 0.6 is 0 Å². The zero-order chi connectivity index (χ0) is 10.7. The molecule has 1 aromatic carbocycles. The Labute approximate surface area is 89.3 Å². The van der Waals surface area contributed by atoms with E-state index in [4.69, 9.17) is 5.11 Å². The Morgan fingerprint density at radius 3 is 2.47 bits per heavy atom. The van der Waals surface area contributed by atoms with Crippen LogP contribution in [0.5, 0.6) is 0 Å². The van der Waals surface area contributed by atoms with Gasteiger partial charge in [0.1, 0.15) is 5.82 Å². The molecule has 0 aliphatic heterocycles. The van der Waals surface area contributed by atoms with E-state index in [0.29, 0.717) is 0 Å². The molecule has 0 heterocycles. The number of hydrogen-bond acceptors (Lipinski definition) is 1. The monoisotopic (exact) mass is 206 g/mol. The van der Waals surface area contributed by atoms with Gasteiger partial charge in [-0.3, -0.25) is 0 Å². The fraction of sp³-hybridized carbons (Fsp3) is 0.385. The molecule has 2 heteroatoms. The highest BCUT2D eigenvalue weighted by Crippen LogP contribution is 2.48. The second kappa shape index (κ2) is 4.15. The molecular formula is C13H15FO. The van der Waals surface area contributed by atoms with Crippen molar-refractivity contribution in [2.75, 3.05) is 6.61 Å². The van der Waals surface area contributed by atoms with Crippen molar-refractivity contribution in [3.8, 4) is 0 Å². The van der Waals surface area contributed by atoms with Crippen LogP contribution in [0.25, 0.3) is 6.08 Å². The highest BCUT2D eigenvalue weighted by molar-refractivity contribution is 5.48. The van der Waals surface area contributed by atoms with E-state index in [1.54, 1.807) is 12.1 Å². The Morgan fingerprint density at radius 2 is 1.93 bits per heavy atom. The van der Waals surface area contributed by atoms with Gasteiger partial charge < -0.3 is 5.11 Å². The molecular weight excluding hydrogens is 191 g/mol. The van der Waals surface area contributed by atoms with Crippen molar-refractivity contribution >= 4 is 6.08 Å². The maximum Gasteiger partial charge on any atom is 0.123 e. The van der Waals surface area contributed by atoms with E-state index in [-0.39, 0.29) is 17.8 Å². The zero-order valence-corrected chi connectivity index (χ0v) is 8.62. The van der Waals surface area contributed by atoms with Gasteiger partial charge in [0.25, 0.3) is 0 Å². The number of benzene rings is 1. The first-order valence-electron chi connectivity index (χ1n) is 5.27. The Kier molecular flexibility index (Phi) is 2.87. The van der Waals surface area contributed by atoms with Crippen LogP contribution in [0.1, 0.15) is 24.8 Å². The van der Waals surface area contributed by atoms with Gasteiger partial charge in [0, 0.05) is 6.61 Å². The van der Waals surface area contributed by atoms with Gasteiger partial charge in [-0.05, 0) is 42.4 Å². The summed E-state index contributed by atoms with van der Waals surface area (Å²) in [5.41, 5.74) is 1.17. The summed E-state index contributed by atoms with van der Waals surface area (Å²) in [6.45, 7) is 0.279. The molecule has 0 bridgehead atoms. The molecule has 1 fully saturated rings. The van der Waals surface area contributed by atoms with Gasteiger partial charge in [-0.25, -0.2) is 4.39 Å². The maximum absolute atomic E-state index is 12.6. The molecule has 0 radical (unpaired) electrons. The molecule has 0 aromatic heterocycles. The van der Waals surface area contributed by atoms with Crippen molar-refractivity contribution in [3.05, 3.63) is 41.7 Å². The second-order valence-electron chi connectivity index (χ2n) is 4.32. The summed E-state index contributed by atoms with van der Waals surface area (Å²) in [6.07, 6.45) is 7.21. The molecule has 1 nitrogen and oxygen atoms in total. The van der Waals surface area contributed by atoms with Crippen LogP contribution < -0.4 is 0 Å². The lowest BCUT2D eigenvalue weighted by Crippen LogP contribution is -2.03. The average Bonchev–Trinajstić information content (AvgIpc) is 3.02. The maximum atomic E-state index is 12.6. The number of halogens is 1. The minimum atomic E-state index is -0.207. The molecule has 0 saturated heterocycles. The minimum absolute atomic E-state index is 0.163. The molecule has 1 aliphatic carbocycles. The van der Waals surface area contributed by atoms with Crippen molar-refractivity contribution in [1.82, 2.24) is 0 Å². The number of aliphatic hydroxyl groups is 1. The normalized spacial score (nSPS) is 18.3. The number of hydrogen-bond donors (Lipinski definition) is 1. The summed E-state index contributed by atoms with van der Waals surface area (Å²) in [5.74, 6) is -0.207. The molecule has 0 unspecified atom stereocenters. The summed E-state index contributed by atoms with van der Waals surface area (Å²) in [7, 11) is 0. The Hall–Kier alpha value is -1.15.